The highest BCUT2D eigenvalue weighted by Gasteiger charge is 2.12. The van der Waals surface area contributed by atoms with Crippen LogP contribution in [0.3, 0.4) is 0 Å². The molecule has 138 valence electrons. The van der Waals surface area contributed by atoms with Crippen LogP contribution in [0.25, 0.3) is 11.3 Å². The number of aromatic nitrogens is 1. The van der Waals surface area contributed by atoms with Gasteiger partial charge in [-0.15, -0.1) is 0 Å². The van der Waals surface area contributed by atoms with Crippen molar-refractivity contribution in [1.29, 1.82) is 0 Å². The SMILES string of the molecule is CCOC(=O)c1ccc(NC(=O)Cc2cc(-c3ccc(Cl)cc3)on2)cc1. The number of benzene rings is 2. The summed E-state index contributed by atoms with van der Waals surface area (Å²) in [7, 11) is 0. The number of hydrogen-bond donors (Lipinski definition) is 1. The fraction of sp³-hybridized carbons (Fsp3) is 0.150. The molecule has 0 aliphatic heterocycles. The van der Waals surface area contributed by atoms with E-state index in [4.69, 9.17) is 20.9 Å². The molecule has 0 atom stereocenters. The minimum atomic E-state index is -0.396. The molecule has 0 fully saturated rings. The number of amides is 1. The van der Waals surface area contributed by atoms with Gasteiger partial charge < -0.3 is 14.6 Å². The molecule has 6 nitrogen and oxygen atoms in total. The molecule has 0 unspecified atom stereocenters. The molecule has 1 heterocycles. The first kappa shape index (κ1) is 18.7. The third-order valence-electron chi connectivity index (χ3n) is 3.71. The number of nitrogens with zero attached hydrogens (tertiary/aromatic N) is 1. The highest BCUT2D eigenvalue weighted by atomic mass is 35.5. The van der Waals surface area contributed by atoms with Gasteiger partial charge in [0, 0.05) is 22.3 Å². The summed E-state index contributed by atoms with van der Waals surface area (Å²) in [6, 6.07) is 15.3. The highest BCUT2D eigenvalue weighted by molar-refractivity contribution is 6.30. The van der Waals surface area contributed by atoms with Crippen molar-refractivity contribution in [2.24, 2.45) is 0 Å². The van der Waals surface area contributed by atoms with E-state index in [1.165, 1.54) is 0 Å². The van der Waals surface area contributed by atoms with Crippen molar-refractivity contribution < 1.29 is 18.8 Å². The van der Waals surface area contributed by atoms with Crippen LogP contribution < -0.4 is 5.32 Å². The maximum atomic E-state index is 12.2. The smallest absolute Gasteiger partial charge is 0.338 e. The maximum absolute atomic E-state index is 12.2. The minimum absolute atomic E-state index is 0.0662. The van der Waals surface area contributed by atoms with Gasteiger partial charge in [-0.05, 0) is 55.5 Å². The van der Waals surface area contributed by atoms with Gasteiger partial charge in [-0.25, -0.2) is 4.79 Å². The molecule has 1 N–H and O–H groups in total. The Hall–Kier alpha value is -3.12. The summed E-state index contributed by atoms with van der Waals surface area (Å²) in [5, 5.41) is 7.31. The minimum Gasteiger partial charge on any atom is -0.462 e. The molecule has 1 amide bonds. The van der Waals surface area contributed by atoms with Gasteiger partial charge in [0.1, 0.15) is 0 Å². The van der Waals surface area contributed by atoms with Crippen molar-refractivity contribution in [3.05, 3.63) is 70.9 Å². The van der Waals surface area contributed by atoms with Crippen LogP contribution in [0.2, 0.25) is 5.02 Å². The predicted octanol–water partition coefficient (Wildman–Crippen LogP) is 4.35. The number of ether oxygens (including phenoxy) is 1. The largest absolute Gasteiger partial charge is 0.462 e. The predicted molar refractivity (Wildman–Crippen MR) is 102 cm³/mol. The number of anilines is 1. The summed E-state index contributed by atoms with van der Waals surface area (Å²) in [6.07, 6.45) is 0.0662. The Morgan fingerprint density at radius 1 is 1.11 bits per heavy atom. The van der Waals surface area contributed by atoms with Gasteiger partial charge in [-0.3, -0.25) is 4.79 Å². The third-order valence-corrected chi connectivity index (χ3v) is 3.96. The van der Waals surface area contributed by atoms with Gasteiger partial charge in [-0.2, -0.15) is 0 Å². The van der Waals surface area contributed by atoms with Crippen molar-refractivity contribution in [3.63, 3.8) is 0 Å². The molecule has 0 spiro atoms. The molecule has 0 radical (unpaired) electrons. The normalized spacial score (nSPS) is 10.4. The van der Waals surface area contributed by atoms with Crippen LogP contribution in [0.15, 0.2) is 59.1 Å². The van der Waals surface area contributed by atoms with E-state index < -0.39 is 5.97 Å². The quantitative estimate of drug-likeness (QED) is 0.639. The van der Waals surface area contributed by atoms with E-state index in [0.717, 1.165) is 5.56 Å². The molecule has 0 saturated carbocycles. The second kappa shape index (κ2) is 8.51. The zero-order valence-electron chi connectivity index (χ0n) is 14.6. The summed E-state index contributed by atoms with van der Waals surface area (Å²) < 4.78 is 10.2. The third kappa shape index (κ3) is 4.95. The fourth-order valence-corrected chi connectivity index (χ4v) is 2.55. The van der Waals surface area contributed by atoms with Crippen LogP contribution in [0.1, 0.15) is 23.0 Å². The van der Waals surface area contributed by atoms with Gasteiger partial charge in [0.2, 0.25) is 5.91 Å². The molecule has 0 saturated heterocycles. The molecule has 3 aromatic rings. The van der Waals surface area contributed by atoms with Crippen molar-refractivity contribution >= 4 is 29.2 Å². The highest BCUT2D eigenvalue weighted by Crippen LogP contribution is 2.22. The van der Waals surface area contributed by atoms with Crippen molar-refractivity contribution in [2.75, 3.05) is 11.9 Å². The van der Waals surface area contributed by atoms with Crippen molar-refractivity contribution in [1.82, 2.24) is 5.16 Å². The summed E-state index contributed by atoms with van der Waals surface area (Å²) in [6.45, 7) is 2.06. The topological polar surface area (TPSA) is 81.4 Å². The molecule has 27 heavy (non-hydrogen) atoms. The van der Waals surface area contributed by atoms with Crippen LogP contribution in [0.4, 0.5) is 5.69 Å². The summed E-state index contributed by atoms with van der Waals surface area (Å²) in [5.41, 5.74) is 2.35. The van der Waals surface area contributed by atoms with Crippen molar-refractivity contribution in [3.8, 4) is 11.3 Å². The number of esters is 1. The average molecular weight is 385 g/mol. The lowest BCUT2D eigenvalue weighted by Crippen LogP contribution is -2.14. The zero-order chi connectivity index (χ0) is 19.2. The van der Waals surface area contributed by atoms with Gasteiger partial charge in [0.25, 0.3) is 0 Å². The monoisotopic (exact) mass is 384 g/mol. The van der Waals surface area contributed by atoms with E-state index in [2.05, 4.69) is 10.5 Å². The molecule has 0 aliphatic rings. The fourth-order valence-electron chi connectivity index (χ4n) is 2.42. The van der Waals surface area contributed by atoms with Gasteiger partial charge in [0.05, 0.1) is 24.3 Å². The van der Waals surface area contributed by atoms with Crippen LogP contribution in [0.5, 0.6) is 0 Å². The van der Waals surface area contributed by atoms with E-state index in [1.807, 2.05) is 12.1 Å². The summed E-state index contributed by atoms with van der Waals surface area (Å²) in [4.78, 5) is 23.8. The second-order valence-electron chi connectivity index (χ2n) is 5.71. The Balaban J connectivity index is 1.59. The maximum Gasteiger partial charge on any atom is 0.338 e. The Labute approximate surface area is 161 Å². The lowest BCUT2D eigenvalue weighted by Gasteiger charge is -2.05. The number of hydrogen-bond acceptors (Lipinski definition) is 5. The second-order valence-corrected chi connectivity index (χ2v) is 6.15. The van der Waals surface area contributed by atoms with Crippen LogP contribution in [0, 0.1) is 0 Å². The van der Waals surface area contributed by atoms with E-state index in [0.29, 0.717) is 34.3 Å². The Bertz CT molecular complexity index is 933. The van der Waals surface area contributed by atoms with E-state index >= 15 is 0 Å². The zero-order valence-corrected chi connectivity index (χ0v) is 15.3. The number of carbonyl (C=O) groups excluding carboxylic acids is 2. The van der Waals surface area contributed by atoms with Gasteiger partial charge >= 0.3 is 5.97 Å². The molecule has 3 rings (SSSR count). The molecule has 1 aromatic heterocycles. The van der Waals surface area contributed by atoms with E-state index in [9.17, 15) is 9.59 Å². The van der Waals surface area contributed by atoms with Gasteiger partial charge in [0.15, 0.2) is 5.76 Å². The van der Waals surface area contributed by atoms with E-state index in [-0.39, 0.29) is 12.3 Å². The summed E-state index contributed by atoms with van der Waals surface area (Å²) >= 11 is 5.87. The first-order chi connectivity index (χ1) is 13.0. The Kier molecular flexibility index (Phi) is 5.88. The first-order valence-corrected chi connectivity index (χ1v) is 8.71. The van der Waals surface area contributed by atoms with Gasteiger partial charge in [-0.1, -0.05) is 16.8 Å². The first-order valence-electron chi connectivity index (χ1n) is 8.33. The lowest BCUT2D eigenvalue weighted by molar-refractivity contribution is -0.115. The molecular weight excluding hydrogens is 368 g/mol. The van der Waals surface area contributed by atoms with E-state index in [1.54, 1.807) is 49.4 Å². The lowest BCUT2D eigenvalue weighted by atomic mass is 10.1. The van der Waals surface area contributed by atoms with Crippen LogP contribution in [-0.2, 0) is 16.0 Å². The van der Waals surface area contributed by atoms with Crippen LogP contribution in [-0.4, -0.2) is 23.6 Å². The molecule has 0 bridgehead atoms. The molecule has 0 aliphatic carbocycles. The van der Waals surface area contributed by atoms with Crippen molar-refractivity contribution in [2.45, 2.75) is 13.3 Å². The number of rotatable bonds is 6. The standard InChI is InChI=1S/C20H17ClN2O4/c1-2-26-20(25)14-5-9-16(10-6-14)22-19(24)12-17-11-18(27-23-17)13-3-7-15(21)8-4-13/h3-11H,2,12H2,1H3,(H,22,24). The Morgan fingerprint density at radius 3 is 2.48 bits per heavy atom. The average Bonchev–Trinajstić information content (AvgIpc) is 3.11. The molecule has 7 heteroatoms. The molecular formula is C20H17ClN2O4. The number of nitrogens with one attached hydrogen (secondary N) is 1. The number of halogens is 1. The Morgan fingerprint density at radius 2 is 1.81 bits per heavy atom. The number of carbonyl (C=O) groups is 2. The summed E-state index contributed by atoms with van der Waals surface area (Å²) in [5.74, 6) is -0.0733. The molecule has 2 aromatic carbocycles. The van der Waals surface area contributed by atoms with Crippen LogP contribution >= 0.6 is 11.6 Å².